The molecule has 34 heavy (non-hydrogen) atoms. The number of hydrogen-bond acceptors (Lipinski definition) is 6. The monoisotopic (exact) mass is 479 g/mol. The van der Waals surface area contributed by atoms with E-state index in [4.69, 9.17) is 0 Å². The number of phenolic OH excluding ortho intramolecular Hbond substituents is 2. The third-order valence-electron chi connectivity index (χ3n) is 5.95. The van der Waals surface area contributed by atoms with Gasteiger partial charge < -0.3 is 15.5 Å². The number of nitrogens with one attached hydrogen (secondary N) is 1. The Bertz CT molecular complexity index is 1330. The van der Waals surface area contributed by atoms with Gasteiger partial charge >= 0.3 is 0 Å². The van der Waals surface area contributed by atoms with Crippen molar-refractivity contribution in [2.45, 2.75) is 30.6 Å². The van der Waals surface area contributed by atoms with Gasteiger partial charge in [0.05, 0.1) is 10.6 Å². The number of phenols is 2. The maximum Gasteiger partial charge on any atom is 0.236 e. The van der Waals surface area contributed by atoms with Crippen molar-refractivity contribution >= 4 is 27.2 Å². The number of aryl methyl sites for hydroxylation is 2. The van der Waals surface area contributed by atoms with Gasteiger partial charge in [-0.15, -0.1) is 0 Å². The Morgan fingerprint density at radius 2 is 1.53 bits per heavy atom. The Labute approximate surface area is 198 Å². The number of fused-ring (bicyclic) bond motifs is 1. The van der Waals surface area contributed by atoms with E-state index in [2.05, 4.69) is 5.32 Å². The lowest BCUT2D eigenvalue weighted by Gasteiger charge is -2.22. The minimum atomic E-state index is -3.71. The van der Waals surface area contributed by atoms with E-state index in [1.54, 1.807) is 36.4 Å². The highest BCUT2D eigenvalue weighted by atomic mass is 32.2. The molecule has 0 fully saturated rings. The highest BCUT2D eigenvalue weighted by Crippen LogP contribution is 2.29. The number of carbonyl (C=O) groups excluding carboxylic acids is 2. The molecule has 1 aliphatic rings. The lowest BCUT2D eigenvalue weighted by Crippen LogP contribution is -2.39. The molecule has 0 aliphatic carbocycles. The molecule has 1 heterocycles. The molecule has 0 saturated carbocycles. The van der Waals surface area contributed by atoms with Gasteiger partial charge in [-0.3, -0.25) is 9.59 Å². The standard InChI is InChI=1S/C26H25NO6S/c28-22-14-11-18(15-23(22)29)6-2-1-5-17-9-12-19(13-10-17)27-26(31)21-16-34(32,33)24-8-4-3-7-20(24)25(21)30/h3-4,7-15,21,28-29H,1-2,5-6,16H2,(H,27,31). The Hall–Kier alpha value is -3.65. The van der Waals surface area contributed by atoms with Crippen molar-refractivity contribution < 1.29 is 28.2 Å². The van der Waals surface area contributed by atoms with Gasteiger partial charge in [-0.1, -0.05) is 36.4 Å². The third kappa shape index (κ3) is 5.12. The van der Waals surface area contributed by atoms with Gasteiger partial charge in [0, 0.05) is 11.3 Å². The van der Waals surface area contributed by atoms with Crippen LogP contribution in [-0.2, 0) is 27.5 Å². The zero-order valence-corrected chi connectivity index (χ0v) is 19.2. The number of sulfone groups is 1. The van der Waals surface area contributed by atoms with Crippen LogP contribution in [0.1, 0.15) is 34.3 Å². The average Bonchev–Trinajstić information content (AvgIpc) is 2.82. The fourth-order valence-electron chi connectivity index (χ4n) is 4.08. The van der Waals surface area contributed by atoms with Crippen molar-refractivity contribution in [1.82, 2.24) is 0 Å². The number of amides is 1. The van der Waals surface area contributed by atoms with Crippen molar-refractivity contribution in [2.24, 2.45) is 5.92 Å². The van der Waals surface area contributed by atoms with E-state index in [9.17, 15) is 28.2 Å². The molecule has 1 atom stereocenters. The highest BCUT2D eigenvalue weighted by Gasteiger charge is 2.40. The summed E-state index contributed by atoms with van der Waals surface area (Å²) in [5.74, 6) is -3.18. The molecule has 0 radical (unpaired) electrons. The van der Waals surface area contributed by atoms with Crippen LogP contribution < -0.4 is 5.32 Å². The molecule has 0 saturated heterocycles. The zero-order chi connectivity index (χ0) is 24.3. The summed E-state index contributed by atoms with van der Waals surface area (Å²) in [4.78, 5) is 25.4. The first kappa shape index (κ1) is 23.5. The van der Waals surface area contributed by atoms with Crippen LogP contribution in [0, 0.1) is 5.92 Å². The van der Waals surface area contributed by atoms with Gasteiger partial charge in [0.25, 0.3) is 0 Å². The molecule has 1 amide bonds. The Balaban J connectivity index is 1.31. The number of ketones is 1. The second-order valence-electron chi connectivity index (χ2n) is 8.41. The summed E-state index contributed by atoms with van der Waals surface area (Å²) in [6, 6.07) is 18.0. The maximum absolute atomic E-state index is 12.7. The van der Waals surface area contributed by atoms with Gasteiger partial charge in [0.15, 0.2) is 27.1 Å². The molecular weight excluding hydrogens is 454 g/mol. The number of Topliss-reactive ketones (excluding diaryl/α,β-unsaturated/α-hetero) is 1. The normalized spacial score (nSPS) is 16.6. The van der Waals surface area contributed by atoms with Gasteiger partial charge in [-0.2, -0.15) is 0 Å². The molecule has 0 spiro atoms. The van der Waals surface area contributed by atoms with Gasteiger partial charge in [0.2, 0.25) is 5.91 Å². The van der Waals surface area contributed by atoms with Crippen molar-refractivity contribution in [3.05, 3.63) is 83.4 Å². The van der Waals surface area contributed by atoms with E-state index in [-0.39, 0.29) is 22.0 Å². The zero-order valence-electron chi connectivity index (χ0n) is 18.4. The third-order valence-corrected chi connectivity index (χ3v) is 7.75. The number of unbranched alkanes of at least 4 members (excludes halogenated alkanes) is 1. The number of hydrogen-bond donors (Lipinski definition) is 3. The molecule has 0 aromatic heterocycles. The Kier molecular flexibility index (Phi) is 6.70. The lowest BCUT2D eigenvalue weighted by atomic mass is 9.97. The first-order valence-corrected chi connectivity index (χ1v) is 12.7. The van der Waals surface area contributed by atoms with E-state index in [1.807, 2.05) is 12.1 Å². The molecule has 3 N–H and O–H groups in total. The molecule has 4 rings (SSSR count). The van der Waals surface area contributed by atoms with E-state index in [0.29, 0.717) is 5.69 Å². The van der Waals surface area contributed by atoms with Gasteiger partial charge in [0.1, 0.15) is 5.92 Å². The van der Waals surface area contributed by atoms with Crippen LogP contribution in [0.4, 0.5) is 5.69 Å². The van der Waals surface area contributed by atoms with E-state index in [0.717, 1.165) is 36.8 Å². The van der Waals surface area contributed by atoms with E-state index in [1.165, 1.54) is 18.2 Å². The Morgan fingerprint density at radius 3 is 2.24 bits per heavy atom. The van der Waals surface area contributed by atoms with Crippen LogP contribution in [0.5, 0.6) is 11.5 Å². The minimum absolute atomic E-state index is 0.0179. The van der Waals surface area contributed by atoms with Crippen molar-refractivity contribution in [2.75, 3.05) is 11.1 Å². The number of rotatable bonds is 7. The maximum atomic E-state index is 12.7. The number of benzene rings is 3. The first-order valence-electron chi connectivity index (χ1n) is 11.0. The Morgan fingerprint density at radius 1 is 0.882 bits per heavy atom. The molecule has 7 nitrogen and oxygen atoms in total. The summed E-state index contributed by atoms with van der Waals surface area (Å²) in [5.41, 5.74) is 2.59. The molecule has 1 aliphatic heterocycles. The fraction of sp³-hybridized carbons (Fsp3) is 0.231. The van der Waals surface area contributed by atoms with Gasteiger partial charge in [-0.05, 0) is 67.1 Å². The van der Waals surface area contributed by atoms with E-state index < -0.39 is 33.2 Å². The SMILES string of the molecule is O=C(Nc1ccc(CCCCc2ccc(O)c(O)c2)cc1)C1CS(=O)(=O)c2ccccc2C1=O. The summed E-state index contributed by atoms with van der Waals surface area (Å²) in [5, 5.41) is 21.6. The largest absolute Gasteiger partial charge is 0.504 e. The number of carbonyl (C=O) groups is 2. The smallest absolute Gasteiger partial charge is 0.236 e. The molecule has 176 valence electrons. The number of aromatic hydroxyl groups is 2. The molecule has 3 aromatic rings. The first-order chi connectivity index (χ1) is 16.2. The van der Waals surface area contributed by atoms with Crippen LogP contribution in [-0.4, -0.2) is 36.1 Å². The predicted octanol–water partition coefficient (Wildman–Crippen LogP) is 3.89. The minimum Gasteiger partial charge on any atom is -0.504 e. The fourth-order valence-corrected chi connectivity index (χ4v) is 5.79. The topological polar surface area (TPSA) is 121 Å². The van der Waals surface area contributed by atoms with Gasteiger partial charge in [-0.25, -0.2) is 8.42 Å². The average molecular weight is 480 g/mol. The molecule has 3 aromatic carbocycles. The van der Waals surface area contributed by atoms with Crippen molar-refractivity contribution in [3.8, 4) is 11.5 Å². The molecule has 1 unspecified atom stereocenters. The second kappa shape index (κ2) is 9.69. The molecule has 0 bridgehead atoms. The summed E-state index contributed by atoms with van der Waals surface area (Å²) in [7, 11) is -3.71. The summed E-state index contributed by atoms with van der Waals surface area (Å²) >= 11 is 0. The summed E-state index contributed by atoms with van der Waals surface area (Å²) < 4.78 is 25.0. The second-order valence-corrected chi connectivity index (χ2v) is 10.4. The number of anilines is 1. The van der Waals surface area contributed by atoms with Crippen LogP contribution in [0.2, 0.25) is 0 Å². The summed E-state index contributed by atoms with van der Waals surface area (Å²) in [6.45, 7) is 0. The predicted molar refractivity (Wildman–Crippen MR) is 128 cm³/mol. The van der Waals surface area contributed by atoms with Crippen LogP contribution in [0.15, 0.2) is 71.6 Å². The quantitative estimate of drug-likeness (QED) is 0.269. The summed E-state index contributed by atoms with van der Waals surface area (Å²) in [6.07, 6.45) is 3.43. The lowest BCUT2D eigenvalue weighted by molar-refractivity contribution is -0.118. The van der Waals surface area contributed by atoms with E-state index >= 15 is 0 Å². The van der Waals surface area contributed by atoms with Crippen LogP contribution in [0.3, 0.4) is 0 Å². The van der Waals surface area contributed by atoms with Crippen molar-refractivity contribution in [1.29, 1.82) is 0 Å². The van der Waals surface area contributed by atoms with Crippen LogP contribution in [0.25, 0.3) is 0 Å². The van der Waals surface area contributed by atoms with Crippen molar-refractivity contribution in [3.63, 3.8) is 0 Å². The molecular formula is C26H25NO6S. The molecule has 8 heteroatoms. The van der Waals surface area contributed by atoms with Crippen LogP contribution >= 0.6 is 0 Å². The highest BCUT2D eigenvalue weighted by molar-refractivity contribution is 7.91.